The van der Waals surface area contributed by atoms with Gasteiger partial charge in [-0.15, -0.1) is 0 Å². The predicted molar refractivity (Wildman–Crippen MR) is 173 cm³/mol. The largest absolute Gasteiger partial charge is 0.208 e. The number of rotatable bonds is 3. The Labute approximate surface area is 251 Å². The molecule has 0 radical (unpaired) electrons. The maximum Gasteiger partial charge on any atom is 0.164 e. The van der Waals surface area contributed by atoms with Crippen molar-refractivity contribution in [2.75, 3.05) is 0 Å². The van der Waals surface area contributed by atoms with Crippen LogP contribution in [0.25, 0.3) is 50.9 Å². The fourth-order valence-electron chi connectivity index (χ4n) is 7.49. The summed E-state index contributed by atoms with van der Waals surface area (Å²) in [5.41, 5.74) is 13.6. The zero-order chi connectivity index (χ0) is 28.4. The first-order valence-corrected chi connectivity index (χ1v) is 14.9. The van der Waals surface area contributed by atoms with Gasteiger partial charge in [-0.3, -0.25) is 0 Å². The molecule has 43 heavy (non-hydrogen) atoms. The molecule has 5 aromatic carbocycles. The summed E-state index contributed by atoms with van der Waals surface area (Å²) in [6, 6.07) is 45.2. The number of fused-ring (bicyclic) bond motifs is 9. The van der Waals surface area contributed by atoms with Gasteiger partial charge in [0.1, 0.15) is 0 Å². The zero-order valence-electron chi connectivity index (χ0n) is 23.5. The molecule has 0 fully saturated rings. The molecule has 1 aromatic heterocycles. The molecule has 1 spiro atoms. The fourth-order valence-corrected chi connectivity index (χ4v) is 7.49. The van der Waals surface area contributed by atoms with Crippen molar-refractivity contribution < 1.29 is 0 Å². The number of benzene rings is 5. The first-order chi connectivity index (χ1) is 21.3. The number of hydrogen-bond donors (Lipinski definition) is 0. The van der Waals surface area contributed by atoms with Gasteiger partial charge in [0.25, 0.3) is 0 Å². The minimum atomic E-state index is -0.273. The summed E-state index contributed by atoms with van der Waals surface area (Å²) in [5, 5.41) is 0. The first-order valence-electron chi connectivity index (χ1n) is 14.9. The van der Waals surface area contributed by atoms with Crippen LogP contribution in [-0.4, -0.2) is 15.0 Å². The third-order valence-electron chi connectivity index (χ3n) is 9.25. The molecule has 0 bridgehead atoms. The van der Waals surface area contributed by atoms with Gasteiger partial charge >= 0.3 is 0 Å². The Balaban J connectivity index is 1.28. The first kappa shape index (κ1) is 24.2. The molecule has 3 heteroatoms. The third kappa shape index (κ3) is 3.45. The third-order valence-corrected chi connectivity index (χ3v) is 9.25. The summed E-state index contributed by atoms with van der Waals surface area (Å²) in [7, 11) is 0. The van der Waals surface area contributed by atoms with E-state index < -0.39 is 0 Å². The van der Waals surface area contributed by atoms with Crippen LogP contribution in [0.3, 0.4) is 0 Å². The Morgan fingerprint density at radius 2 is 0.977 bits per heavy atom. The molecule has 3 aliphatic rings. The fraction of sp³-hybridized carbons (Fsp3) is 0.0750. The van der Waals surface area contributed by atoms with Crippen LogP contribution in [0.1, 0.15) is 35.1 Å². The highest BCUT2D eigenvalue weighted by molar-refractivity contribution is 5.97. The van der Waals surface area contributed by atoms with Crippen LogP contribution in [0.4, 0.5) is 0 Å². The molecule has 0 N–H and O–H groups in total. The Morgan fingerprint density at radius 3 is 1.58 bits per heavy atom. The molecule has 0 saturated carbocycles. The molecule has 0 unspecified atom stereocenters. The molecule has 3 nitrogen and oxygen atoms in total. The lowest BCUT2D eigenvalue weighted by atomic mass is 9.68. The second-order valence-electron chi connectivity index (χ2n) is 11.5. The van der Waals surface area contributed by atoms with Crippen LogP contribution in [0, 0.1) is 0 Å². The van der Waals surface area contributed by atoms with E-state index in [0.29, 0.717) is 17.5 Å². The minimum absolute atomic E-state index is 0.273. The van der Waals surface area contributed by atoms with E-state index in [2.05, 4.69) is 103 Å². The van der Waals surface area contributed by atoms with Crippen LogP contribution in [0.2, 0.25) is 0 Å². The van der Waals surface area contributed by atoms with Gasteiger partial charge in [-0.1, -0.05) is 133 Å². The molecule has 6 aromatic rings. The molecule has 0 atom stereocenters. The number of aromatic nitrogens is 3. The van der Waals surface area contributed by atoms with E-state index in [1.54, 1.807) is 0 Å². The monoisotopic (exact) mass is 549 g/mol. The lowest BCUT2D eigenvalue weighted by molar-refractivity contribution is 0.714. The Hall–Kier alpha value is -5.41. The highest BCUT2D eigenvalue weighted by Crippen LogP contribution is 2.63. The van der Waals surface area contributed by atoms with Gasteiger partial charge in [0.2, 0.25) is 0 Å². The lowest BCUT2D eigenvalue weighted by Gasteiger charge is -2.33. The molecule has 0 aliphatic heterocycles. The molecule has 202 valence electrons. The molecular weight excluding hydrogens is 522 g/mol. The summed E-state index contributed by atoms with van der Waals surface area (Å²) in [6.07, 6.45) is 6.77. The van der Waals surface area contributed by atoms with Crippen molar-refractivity contribution in [2.45, 2.75) is 18.3 Å². The predicted octanol–water partition coefficient (Wildman–Crippen LogP) is 9.30. The summed E-state index contributed by atoms with van der Waals surface area (Å²) >= 11 is 0. The normalized spacial score (nSPS) is 15.3. The van der Waals surface area contributed by atoms with E-state index in [1.165, 1.54) is 44.5 Å². The highest BCUT2D eigenvalue weighted by atomic mass is 15.0. The molecular formula is C40H27N3. The number of hydrogen-bond acceptors (Lipinski definition) is 3. The summed E-state index contributed by atoms with van der Waals surface area (Å²) in [5.74, 6) is 2.04. The van der Waals surface area contributed by atoms with E-state index in [0.717, 1.165) is 29.5 Å². The van der Waals surface area contributed by atoms with Crippen molar-refractivity contribution in [1.82, 2.24) is 15.0 Å². The van der Waals surface area contributed by atoms with E-state index in [9.17, 15) is 0 Å². The zero-order valence-corrected chi connectivity index (χ0v) is 23.5. The number of nitrogens with zero attached hydrogens (tertiary/aromatic N) is 3. The van der Waals surface area contributed by atoms with Crippen molar-refractivity contribution in [3.05, 3.63) is 167 Å². The Bertz CT molecular complexity index is 2020. The SMILES string of the molecule is C1=CC2=C(CC1)C1(c3ccc(-c4nc(-c5ccccc5)nc(-c5ccccc5)n4)cc32)c2ccccc2-c2ccccc21. The van der Waals surface area contributed by atoms with Crippen LogP contribution < -0.4 is 0 Å². The quantitative estimate of drug-likeness (QED) is 0.221. The van der Waals surface area contributed by atoms with Crippen molar-refractivity contribution in [1.29, 1.82) is 0 Å². The van der Waals surface area contributed by atoms with Gasteiger partial charge in [0.05, 0.1) is 5.41 Å². The average Bonchev–Trinajstić information content (AvgIpc) is 3.56. The van der Waals surface area contributed by atoms with Gasteiger partial charge < -0.3 is 0 Å². The molecule has 1 heterocycles. The summed E-state index contributed by atoms with van der Waals surface area (Å²) in [4.78, 5) is 15.0. The second kappa shape index (κ2) is 9.30. The van der Waals surface area contributed by atoms with Gasteiger partial charge in [-0.05, 0) is 63.4 Å². The Kier molecular flexibility index (Phi) is 5.24. The average molecular weight is 550 g/mol. The standard InChI is InChI=1S/C40H27N3/c1-3-13-26(14-4-1)37-41-38(27-15-5-2-6-16-27)43-39(42-37)28-23-24-36-32(25-28)31-19-9-12-22-35(31)40(36)33-20-10-7-17-29(33)30-18-8-11-21-34(30)40/h1-11,13-21,23-25H,12,22H2. The summed E-state index contributed by atoms with van der Waals surface area (Å²) in [6.45, 7) is 0. The second-order valence-corrected chi connectivity index (χ2v) is 11.5. The highest BCUT2D eigenvalue weighted by Gasteiger charge is 2.52. The topological polar surface area (TPSA) is 38.7 Å². The van der Waals surface area contributed by atoms with Crippen LogP contribution >= 0.6 is 0 Å². The maximum absolute atomic E-state index is 5.03. The van der Waals surface area contributed by atoms with Crippen molar-refractivity contribution in [3.63, 3.8) is 0 Å². The maximum atomic E-state index is 5.03. The molecule has 0 amide bonds. The smallest absolute Gasteiger partial charge is 0.164 e. The van der Waals surface area contributed by atoms with Crippen molar-refractivity contribution in [2.24, 2.45) is 0 Å². The molecule has 3 aliphatic carbocycles. The van der Waals surface area contributed by atoms with Gasteiger partial charge in [-0.2, -0.15) is 0 Å². The van der Waals surface area contributed by atoms with Gasteiger partial charge in [-0.25, -0.2) is 15.0 Å². The van der Waals surface area contributed by atoms with Crippen LogP contribution in [0.15, 0.2) is 145 Å². The van der Waals surface area contributed by atoms with Gasteiger partial charge in [0.15, 0.2) is 17.5 Å². The van der Waals surface area contributed by atoms with Gasteiger partial charge in [0, 0.05) is 16.7 Å². The van der Waals surface area contributed by atoms with Crippen molar-refractivity contribution >= 4 is 5.57 Å². The van der Waals surface area contributed by atoms with E-state index >= 15 is 0 Å². The summed E-state index contributed by atoms with van der Waals surface area (Å²) < 4.78 is 0. The van der Waals surface area contributed by atoms with Crippen LogP contribution in [0.5, 0.6) is 0 Å². The number of allylic oxidation sites excluding steroid dienone is 4. The van der Waals surface area contributed by atoms with Crippen molar-refractivity contribution in [3.8, 4) is 45.3 Å². The molecule has 0 saturated heterocycles. The minimum Gasteiger partial charge on any atom is -0.208 e. The molecule has 9 rings (SSSR count). The lowest BCUT2D eigenvalue weighted by Crippen LogP contribution is -2.27. The Morgan fingerprint density at radius 1 is 0.465 bits per heavy atom. The van der Waals surface area contributed by atoms with E-state index in [4.69, 9.17) is 15.0 Å². The van der Waals surface area contributed by atoms with E-state index in [-0.39, 0.29) is 5.41 Å². The van der Waals surface area contributed by atoms with E-state index in [1.807, 2.05) is 36.4 Å². The van der Waals surface area contributed by atoms with Crippen LogP contribution in [-0.2, 0) is 5.41 Å².